The van der Waals surface area contributed by atoms with Crippen LogP contribution in [0.15, 0.2) is 35.9 Å². The van der Waals surface area contributed by atoms with Crippen molar-refractivity contribution in [3.63, 3.8) is 0 Å². The van der Waals surface area contributed by atoms with E-state index < -0.39 is 0 Å². The maximum atomic E-state index is 11.6. The molecule has 1 aromatic rings. The fourth-order valence-electron chi connectivity index (χ4n) is 1.59. The largest absolute Gasteiger partial charge is 0.289 e. The number of benzene rings is 1. The monoisotopic (exact) mass is 158 g/mol. The van der Waals surface area contributed by atoms with Crippen LogP contribution in [0.1, 0.15) is 22.8 Å². The first kappa shape index (κ1) is 7.29. The molecule has 2 rings (SSSR count). The number of rotatable bonds is 0. The van der Waals surface area contributed by atoms with Gasteiger partial charge in [0.25, 0.3) is 0 Å². The summed E-state index contributed by atoms with van der Waals surface area (Å²) in [5.74, 6) is 0.202. The van der Waals surface area contributed by atoms with Crippen LogP contribution in [0.4, 0.5) is 0 Å². The molecule has 0 aliphatic heterocycles. The number of allylic oxidation sites excluding steroid dienone is 2. The first-order chi connectivity index (χ1) is 5.83. The van der Waals surface area contributed by atoms with Crippen LogP contribution in [0.3, 0.4) is 0 Å². The molecule has 1 aliphatic carbocycles. The molecule has 0 N–H and O–H groups in total. The SMILES string of the molecule is C/C=C1\Cc2ccccc2C1=O. The summed E-state index contributed by atoms with van der Waals surface area (Å²) in [5, 5.41) is 0. The van der Waals surface area contributed by atoms with E-state index in [1.54, 1.807) is 0 Å². The van der Waals surface area contributed by atoms with Gasteiger partial charge >= 0.3 is 0 Å². The number of fused-ring (bicyclic) bond motifs is 1. The maximum absolute atomic E-state index is 11.6. The van der Waals surface area contributed by atoms with Gasteiger partial charge in [-0.1, -0.05) is 30.3 Å². The topological polar surface area (TPSA) is 17.1 Å². The Hall–Kier alpha value is -1.37. The fourth-order valence-corrected chi connectivity index (χ4v) is 1.59. The van der Waals surface area contributed by atoms with E-state index in [2.05, 4.69) is 0 Å². The lowest BCUT2D eigenvalue weighted by atomic mass is 10.1. The van der Waals surface area contributed by atoms with E-state index in [4.69, 9.17) is 0 Å². The first-order valence-corrected chi connectivity index (χ1v) is 4.10. The van der Waals surface area contributed by atoms with Crippen molar-refractivity contribution in [2.45, 2.75) is 13.3 Å². The third-order valence-electron chi connectivity index (χ3n) is 2.28. The van der Waals surface area contributed by atoms with Crippen LogP contribution in [0, 0.1) is 0 Å². The zero-order valence-electron chi connectivity index (χ0n) is 7.00. The third kappa shape index (κ3) is 0.900. The summed E-state index contributed by atoms with van der Waals surface area (Å²) < 4.78 is 0. The Labute approximate surface area is 71.7 Å². The number of carbonyl (C=O) groups is 1. The van der Waals surface area contributed by atoms with Gasteiger partial charge in [-0.25, -0.2) is 0 Å². The minimum absolute atomic E-state index is 0.202. The lowest BCUT2D eigenvalue weighted by molar-refractivity contribution is 0.103. The normalized spacial score (nSPS) is 18.4. The van der Waals surface area contributed by atoms with Crippen LogP contribution >= 0.6 is 0 Å². The molecular weight excluding hydrogens is 148 g/mol. The van der Waals surface area contributed by atoms with Crippen molar-refractivity contribution in [3.05, 3.63) is 47.0 Å². The summed E-state index contributed by atoms with van der Waals surface area (Å²) in [6.45, 7) is 1.92. The summed E-state index contributed by atoms with van der Waals surface area (Å²) in [4.78, 5) is 11.6. The molecule has 1 aromatic carbocycles. The van der Waals surface area contributed by atoms with Gasteiger partial charge in [-0.3, -0.25) is 4.79 Å². The highest BCUT2D eigenvalue weighted by molar-refractivity contribution is 6.13. The third-order valence-corrected chi connectivity index (χ3v) is 2.28. The predicted molar refractivity (Wildman–Crippen MR) is 48.2 cm³/mol. The van der Waals surface area contributed by atoms with Gasteiger partial charge in [-0.05, 0) is 12.5 Å². The minimum atomic E-state index is 0.202. The smallest absolute Gasteiger partial charge is 0.189 e. The van der Waals surface area contributed by atoms with Crippen LogP contribution in [0.2, 0.25) is 0 Å². The Bertz CT molecular complexity index is 361. The van der Waals surface area contributed by atoms with E-state index in [0.29, 0.717) is 0 Å². The molecule has 1 heteroatoms. The van der Waals surface area contributed by atoms with Crippen molar-refractivity contribution in [1.82, 2.24) is 0 Å². The van der Waals surface area contributed by atoms with Crippen molar-refractivity contribution in [1.29, 1.82) is 0 Å². The molecule has 0 amide bonds. The average Bonchev–Trinajstić information content (AvgIpc) is 2.44. The zero-order chi connectivity index (χ0) is 8.55. The lowest BCUT2D eigenvalue weighted by Gasteiger charge is -1.91. The lowest BCUT2D eigenvalue weighted by Crippen LogP contribution is -1.93. The molecule has 0 aromatic heterocycles. The van der Waals surface area contributed by atoms with Gasteiger partial charge in [0.1, 0.15) is 0 Å². The molecule has 60 valence electrons. The van der Waals surface area contributed by atoms with E-state index in [1.807, 2.05) is 37.3 Å². The standard InChI is InChI=1S/C11H10O/c1-2-8-7-9-5-3-4-6-10(9)11(8)12/h2-6H,7H2,1H3/b8-2+. The van der Waals surface area contributed by atoms with Gasteiger partial charge in [0.2, 0.25) is 0 Å². The molecule has 12 heavy (non-hydrogen) atoms. The second-order valence-corrected chi connectivity index (χ2v) is 2.98. The van der Waals surface area contributed by atoms with Crippen molar-refractivity contribution in [2.24, 2.45) is 0 Å². The number of ketones is 1. The molecule has 0 heterocycles. The van der Waals surface area contributed by atoms with E-state index in [0.717, 1.165) is 23.1 Å². The average molecular weight is 158 g/mol. The quantitative estimate of drug-likeness (QED) is 0.530. The highest BCUT2D eigenvalue weighted by atomic mass is 16.1. The van der Waals surface area contributed by atoms with Gasteiger partial charge in [-0.15, -0.1) is 0 Å². The fraction of sp³-hybridized carbons (Fsp3) is 0.182. The summed E-state index contributed by atoms with van der Waals surface area (Å²) in [5.41, 5.74) is 2.97. The molecular formula is C11H10O. The molecule has 0 spiro atoms. The van der Waals surface area contributed by atoms with E-state index in [9.17, 15) is 4.79 Å². The van der Waals surface area contributed by atoms with Crippen LogP contribution in [0.5, 0.6) is 0 Å². The summed E-state index contributed by atoms with van der Waals surface area (Å²) in [7, 11) is 0. The van der Waals surface area contributed by atoms with Gasteiger partial charge in [-0.2, -0.15) is 0 Å². The van der Waals surface area contributed by atoms with Crippen LogP contribution < -0.4 is 0 Å². The second kappa shape index (κ2) is 2.59. The maximum Gasteiger partial charge on any atom is 0.189 e. The molecule has 1 nitrogen and oxygen atoms in total. The number of hydrogen-bond donors (Lipinski definition) is 0. The summed E-state index contributed by atoms with van der Waals surface area (Å²) in [6.07, 6.45) is 2.72. The predicted octanol–water partition coefficient (Wildman–Crippen LogP) is 2.37. The molecule has 0 bridgehead atoms. The molecule has 0 saturated carbocycles. The minimum Gasteiger partial charge on any atom is -0.289 e. The summed E-state index contributed by atoms with van der Waals surface area (Å²) in [6, 6.07) is 7.80. The molecule has 0 unspecified atom stereocenters. The van der Waals surface area contributed by atoms with Gasteiger partial charge in [0.05, 0.1) is 0 Å². The zero-order valence-corrected chi connectivity index (χ0v) is 7.00. The number of Topliss-reactive ketones (excluding diaryl/α,β-unsaturated/α-hetero) is 1. The highest BCUT2D eigenvalue weighted by Crippen LogP contribution is 2.25. The van der Waals surface area contributed by atoms with Crippen molar-refractivity contribution >= 4 is 5.78 Å². The Morgan fingerprint density at radius 2 is 2.08 bits per heavy atom. The van der Waals surface area contributed by atoms with E-state index >= 15 is 0 Å². The van der Waals surface area contributed by atoms with Crippen LogP contribution in [-0.4, -0.2) is 5.78 Å². The van der Waals surface area contributed by atoms with Crippen molar-refractivity contribution in [2.75, 3.05) is 0 Å². The number of carbonyl (C=O) groups excluding carboxylic acids is 1. The van der Waals surface area contributed by atoms with E-state index in [1.165, 1.54) is 0 Å². The van der Waals surface area contributed by atoms with E-state index in [-0.39, 0.29) is 5.78 Å². The van der Waals surface area contributed by atoms with Crippen LogP contribution in [0.25, 0.3) is 0 Å². The van der Waals surface area contributed by atoms with Gasteiger partial charge < -0.3 is 0 Å². The Morgan fingerprint density at radius 3 is 2.75 bits per heavy atom. The molecule has 1 aliphatic rings. The Morgan fingerprint density at radius 1 is 1.33 bits per heavy atom. The van der Waals surface area contributed by atoms with Gasteiger partial charge in [0.15, 0.2) is 5.78 Å². The highest BCUT2D eigenvalue weighted by Gasteiger charge is 2.22. The van der Waals surface area contributed by atoms with Crippen LogP contribution in [-0.2, 0) is 6.42 Å². The molecule has 0 atom stereocenters. The number of hydrogen-bond acceptors (Lipinski definition) is 1. The molecule has 0 radical (unpaired) electrons. The first-order valence-electron chi connectivity index (χ1n) is 4.10. The van der Waals surface area contributed by atoms with Crippen molar-refractivity contribution < 1.29 is 4.79 Å². The Balaban J connectivity index is 2.56. The molecule has 0 fully saturated rings. The Kier molecular flexibility index (Phi) is 1.58. The van der Waals surface area contributed by atoms with Crippen molar-refractivity contribution in [3.8, 4) is 0 Å². The summed E-state index contributed by atoms with van der Waals surface area (Å²) >= 11 is 0. The second-order valence-electron chi connectivity index (χ2n) is 2.98. The van der Waals surface area contributed by atoms with Gasteiger partial charge in [0, 0.05) is 17.6 Å². The molecule has 0 saturated heterocycles.